The monoisotopic (exact) mass is 356 g/mol. The van der Waals surface area contributed by atoms with E-state index < -0.39 is 0 Å². The molecule has 4 rings (SSSR count). The second kappa shape index (κ2) is 7.61. The van der Waals surface area contributed by atoms with Gasteiger partial charge in [0.1, 0.15) is 0 Å². The van der Waals surface area contributed by atoms with Crippen LogP contribution in [0.25, 0.3) is 22.6 Å². The first-order valence-electron chi connectivity index (χ1n) is 8.45. The van der Waals surface area contributed by atoms with E-state index in [0.29, 0.717) is 12.3 Å². The maximum Gasteiger partial charge on any atom is 0.273 e. The predicted molar refractivity (Wildman–Crippen MR) is 101 cm³/mol. The van der Waals surface area contributed by atoms with Crippen molar-refractivity contribution in [3.8, 4) is 22.6 Å². The third-order valence-electron chi connectivity index (χ3n) is 4.04. The molecule has 3 aromatic heterocycles. The number of nitrogens with zero attached hydrogens (tertiary/aromatic N) is 3. The summed E-state index contributed by atoms with van der Waals surface area (Å²) in [7, 11) is 0. The van der Waals surface area contributed by atoms with E-state index in [2.05, 4.69) is 20.4 Å². The molecule has 1 amide bonds. The molecule has 0 saturated carbocycles. The summed E-state index contributed by atoms with van der Waals surface area (Å²) in [6, 6.07) is 18.8. The molecule has 0 spiro atoms. The Balaban J connectivity index is 1.43. The van der Waals surface area contributed by atoms with Crippen LogP contribution in [0, 0.1) is 0 Å². The van der Waals surface area contributed by atoms with Gasteiger partial charge in [-0.1, -0.05) is 35.5 Å². The van der Waals surface area contributed by atoms with Gasteiger partial charge in [0.25, 0.3) is 5.91 Å². The van der Waals surface area contributed by atoms with Gasteiger partial charge in [-0.2, -0.15) is 0 Å². The normalized spacial score (nSPS) is 10.5. The molecule has 0 aliphatic carbocycles. The van der Waals surface area contributed by atoms with E-state index in [1.54, 1.807) is 24.7 Å². The van der Waals surface area contributed by atoms with Crippen molar-refractivity contribution in [2.24, 2.45) is 0 Å². The molecule has 27 heavy (non-hydrogen) atoms. The highest BCUT2D eigenvalue weighted by Gasteiger charge is 2.13. The highest BCUT2D eigenvalue weighted by atomic mass is 16.5. The Morgan fingerprint density at radius 1 is 0.963 bits per heavy atom. The Morgan fingerprint density at radius 2 is 1.81 bits per heavy atom. The molecule has 0 aliphatic rings. The second-order valence-corrected chi connectivity index (χ2v) is 5.92. The highest BCUT2D eigenvalue weighted by molar-refractivity contribution is 5.93. The maximum absolute atomic E-state index is 12.4. The van der Waals surface area contributed by atoms with Gasteiger partial charge in [-0.25, -0.2) is 0 Å². The lowest BCUT2D eigenvalue weighted by Crippen LogP contribution is -2.23. The van der Waals surface area contributed by atoms with E-state index >= 15 is 0 Å². The number of nitrogens with one attached hydrogen (secondary N) is 1. The minimum atomic E-state index is -0.291. The van der Waals surface area contributed by atoms with Crippen molar-refractivity contribution >= 4 is 5.91 Å². The molecule has 0 unspecified atom stereocenters. The molecule has 1 aromatic carbocycles. The van der Waals surface area contributed by atoms with Crippen LogP contribution in [-0.2, 0) is 6.54 Å². The van der Waals surface area contributed by atoms with Gasteiger partial charge < -0.3 is 9.84 Å². The number of amides is 1. The number of carbonyl (C=O) groups is 1. The van der Waals surface area contributed by atoms with Crippen LogP contribution >= 0.6 is 0 Å². The molecule has 3 heterocycles. The van der Waals surface area contributed by atoms with Crippen LogP contribution in [0.5, 0.6) is 0 Å². The Morgan fingerprint density at radius 3 is 2.63 bits per heavy atom. The maximum atomic E-state index is 12.4. The zero-order valence-corrected chi connectivity index (χ0v) is 14.4. The largest absolute Gasteiger partial charge is 0.355 e. The van der Waals surface area contributed by atoms with Crippen LogP contribution in [0.4, 0.5) is 0 Å². The average molecular weight is 356 g/mol. The highest BCUT2D eigenvalue weighted by Crippen LogP contribution is 2.20. The third kappa shape index (κ3) is 3.90. The van der Waals surface area contributed by atoms with Gasteiger partial charge in [0.2, 0.25) is 0 Å². The van der Waals surface area contributed by atoms with Crippen LogP contribution in [0.3, 0.4) is 0 Å². The first-order valence-corrected chi connectivity index (χ1v) is 8.45. The van der Waals surface area contributed by atoms with Gasteiger partial charge in [-0.05, 0) is 29.8 Å². The standard InChI is InChI=1S/C21H16N4O2/c26-21(19-12-20(27-25-19)16-5-2-1-3-6-16)24-13-15-8-10-23-18(11-15)17-7-4-9-22-14-17/h1-12,14H,13H2,(H,24,26). The second-order valence-electron chi connectivity index (χ2n) is 5.92. The lowest BCUT2D eigenvalue weighted by molar-refractivity contribution is 0.0942. The third-order valence-corrected chi connectivity index (χ3v) is 4.04. The predicted octanol–water partition coefficient (Wildman–Crippen LogP) is 3.73. The molecule has 6 nitrogen and oxygen atoms in total. The van der Waals surface area contributed by atoms with Crippen molar-refractivity contribution in [1.29, 1.82) is 0 Å². The van der Waals surface area contributed by atoms with Crippen LogP contribution in [0.2, 0.25) is 0 Å². The molecule has 6 heteroatoms. The minimum absolute atomic E-state index is 0.246. The summed E-state index contributed by atoms with van der Waals surface area (Å²) in [6.45, 7) is 0.363. The first kappa shape index (κ1) is 16.7. The van der Waals surface area contributed by atoms with Crippen LogP contribution in [0.15, 0.2) is 83.8 Å². The van der Waals surface area contributed by atoms with Gasteiger partial charge >= 0.3 is 0 Å². The number of pyridine rings is 2. The number of aromatic nitrogens is 3. The molecule has 0 aliphatic heterocycles. The van der Waals surface area contributed by atoms with Gasteiger partial charge in [0.15, 0.2) is 11.5 Å². The van der Waals surface area contributed by atoms with Gasteiger partial charge in [0, 0.05) is 42.3 Å². The Labute approximate surface area is 155 Å². The molecule has 132 valence electrons. The number of hydrogen-bond acceptors (Lipinski definition) is 5. The average Bonchev–Trinajstić information content (AvgIpc) is 3.24. The number of carbonyl (C=O) groups excluding carboxylic acids is 1. The van der Waals surface area contributed by atoms with E-state index in [1.165, 1.54) is 0 Å². The molecule has 1 N–H and O–H groups in total. The van der Waals surface area contributed by atoms with E-state index in [1.807, 2.05) is 54.6 Å². The molecule has 4 aromatic rings. The van der Waals surface area contributed by atoms with Crippen molar-refractivity contribution < 1.29 is 9.32 Å². The molecular formula is C21H16N4O2. The quantitative estimate of drug-likeness (QED) is 0.589. The summed E-state index contributed by atoms with van der Waals surface area (Å²) in [5.74, 6) is 0.268. The zero-order chi connectivity index (χ0) is 18.5. The smallest absolute Gasteiger partial charge is 0.273 e. The molecular weight excluding hydrogens is 340 g/mol. The van der Waals surface area contributed by atoms with Crippen molar-refractivity contribution in [1.82, 2.24) is 20.4 Å². The van der Waals surface area contributed by atoms with E-state index in [9.17, 15) is 4.79 Å². The zero-order valence-electron chi connectivity index (χ0n) is 14.4. The summed E-state index contributed by atoms with van der Waals surface area (Å²) < 4.78 is 5.27. The van der Waals surface area contributed by atoms with Crippen molar-refractivity contribution in [2.45, 2.75) is 6.54 Å². The molecule has 0 atom stereocenters. The summed E-state index contributed by atoms with van der Waals surface area (Å²) in [5, 5.41) is 6.72. The van der Waals surface area contributed by atoms with Crippen molar-refractivity contribution in [2.75, 3.05) is 0 Å². The number of rotatable bonds is 5. The first-order chi connectivity index (χ1) is 13.3. The fraction of sp³-hybridized carbons (Fsp3) is 0.0476. The Bertz CT molecular complexity index is 1050. The van der Waals surface area contributed by atoms with Crippen molar-refractivity contribution in [3.63, 3.8) is 0 Å². The van der Waals surface area contributed by atoms with Crippen LogP contribution in [0.1, 0.15) is 16.1 Å². The lowest BCUT2D eigenvalue weighted by Gasteiger charge is -2.05. The molecule has 0 radical (unpaired) electrons. The van der Waals surface area contributed by atoms with Crippen molar-refractivity contribution in [3.05, 3.63) is 90.5 Å². The summed E-state index contributed by atoms with van der Waals surface area (Å²) in [6.07, 6.45) is 5.19. The number of benzene rings is 1. The molecule has 0 bridgehead atoms. The fourth-order valence-electron chi connectivity index (χ4n) is 2.65. The van der Waals surface area contributed by atoms with Crippen LogP contribution < -0.4 is 5.32 Å². The fourth-order valence-corrected chi connectivity index (χ4v) is 2.65. The minimum Gasteiger partial charge on any atom is -0.355 e. The van der Waals surface area contributed by atoms with E-state index in [-0.39, 0.29) is 11.6 Å². The summed E-state index contributed by atoms with van der Waals surface area (Å²) >= 11 is 0. The van der Waals surface area contributed by atoms with Crippen LogP contribution in [-0.4, -0.2) is 21.0 Å². The SMILES string of the molecule is O=C(NCc1ccnc(-c2cccnc2)c1)c1cc(-c2ccccc2)on1. The topological polar surface area (TPSA) is 80.9 Å². The molecule has 0 saturated heterocycles. The molecule has 0 fully saturated rings. The Hall–Kier alpha value is -3.80. The van der Waals surface area contributed by atoms with Gasteiger partial charge in [0.05, 0.1) is 5.69 Å². The van der Waals surface area contributed by atoms with E-state index in [0.717, 1.165) is 22.4 Å². The van der Waals surface area contributed by atoms with Gasteiger partial charge in [-0.3, -0.25) is 14.8 Å². The summed E-state index contributed by atoms with van der Waals surface area (Å²) in [5.41, 5.74) is 3.79. The lowest BCUT2D eigenvalue weighted by atomic mass is 10.1. The number of hydrogen-bond donors (Lipinski definition) is 1. The Kier molecular flexibility index (Phi) is 4.70. The van der Waals surface area contributed by atoms with E-state index in [4.69, 9.17) is 4.52 Å². The summed E-state index contributed by atoms with van der Waals surface area (Å²) in [4.78, 5) is 20.8. The van der Waals surface area contributed by atoms with Gasteiger partial charge in [-0.15, -0.1) is 0 Å².